The van der Waals surface area contributed by atoms with Crippen LogP contribution in [0.15, 0.2) is 24.3 Å². The van der Waals surface area contributed by atoms with Gasteiger partial charge in [-0.25, -0.2) is 5.84 Å². The fraction of sp³-hybridized carbons (Fsp3) is 0.333. The molecule has 0 aromatic heterocycles. The molecule has 0 spiro atoms. The van der Waals surface area contributed by atoms with Crippen LogP contribution in [0.4, 0.5) is 5.69 Å². The topological polar surface area (TPSA) is 82.2 Å². The number of nitrogens with one attached hydrogen (secondary N) is 1. The van der Waals surface area contributed by atoms with Crippen LogP contribution in [0.2, 0.25) is 0 Å². The number of benzene rings is 1. The van der Waals surface area contributed by atoms with Gasteiger partial charge in [-0.3, -0.25) is 10.2 Å². The zero-order valence-corrected chi connectivity index (χ0v) is 9.97. The monoisotopic (exact) mass is 232 g/mol. The number of rotatable bonds is 4. The summed E-state index contributed by atoms with van der Waals surface area (Å²) in [6, 6.07) is 9.38. The molecule has 1 rings (SSSR count). The lowest BCUT2D eigenvalue weighted by molar-refractivity contribution is -0.121. The van der Waals surface area contributed by atoms with Gasteiger partial charge in [0.05, 0.1) is 11.3 Å². The fourth-order valence-corrected chi connectivity index (χ4v) is 1.58. The van der Waals surface area contributed by atoms with Crippen LogP contribution in [0.5, 0.6) is 0 Å². The van der Waals surface area contributed by atoms with Crippen molar-refractivity contribution in [1.29, 1.82) is 5.26 Å². The quantitative estimate of drug-likeness (QED) is 0.456. The van der Waals surface area contributed by atoms with E-state index in [1.54, 1.807) is 6.07 Å². The maximum Gasteiger partial charge on any atom is 0.235 e. The molecule has 0 radical (unpaired) electrons. The van der Waals surface area contributed by atoms with Crippen molar-refractivity contribution in [3.05, 3.63) is 29.8 Å². The van der Waals surface area contributed by atoms with E-state index in [1.165, 1.54) is 0 Å². The second kappa shape index (κ2) is 5.87. The van der Waals surface area contributed by atoms with E-state index in [-0.39, 0.29) is 18.4 Å². The third kappa shape index (κ3) is 3.20. The van der Waals surface area contributed by atoms with Gasteiger partial charge in [0.1, 0.15) is 6.07 Å². The van der Waals surface area contributed by atoms with Crippen molar-refractivity contribution in [3.8, 4) is 6.07 Å². The molecule has 0 heterocycles. The van der Waals surface area contributed by atoms with Gasteiger partial charge in [0.15, 0.2) is 0 Å². The first-order chi connectivity index (χ1) is 8.10. The van der Waals surface area contributed by atoms with Crippen LogP contribution < -0.4 is 16.2 Å². The first kappa shape index (κ1) is 13.0. The van der Waals surface area contributed by atoms with Gasteiger partial charge >= 0.3 is 0 Å². The molecule has 0 saturated heterocycles. The predicted octanol–water partition coefficient (Wildman–Crippen LogP) is 0.763. The standard InChI is InChI=1S/C12H16N4O/c1-9(7-12(17)15-14)16(2)11-6-4-3-5-10(11)8-13/h3-6,9H,7,14H2,1-2H3,(H,15,17). The highest BCUT2D eigenvalue weighted by molar-refractivity contribution is 5.76. The third-order valence-corrected chi connectivity index (χ3v) is 2.71. The molecule has 1 amide bonds. The highest BCUT2D eigenvalue weighted by Crippen LogP contribution is 2.21. The number of amides is 1. The molecule has 0 fully saturated rings. The summed E-state index contributed by atoms with van der Waals surface area (Å²) in [6.45, 7) is 1.91. The van der Waals surface area contributed by atoms with Crippen LogP contribution in [0.1, 0.15) is 18.9 Å². The van der Waals surface area contributed by atoms with Crippen LogP contribution in [0, 0.1) is 11.3 Å². The minimum atomic E-state index is -0.223. The van der Waals surface area contributed by atoms with E-state index in [2.05, 4.69) is 11.5 Å². The maximum absolute atomic E-state index is 11.2. The second-order valence-corrected chi connectivity index (χ2v) is 3.86. The van der Waals surface area contributed by atoms with Crippen molar-refractivity contribution in [1.82, 2.24) is 5.43 Å². The van der Waals surface area contributed by atoms with Crippen molar-refractivity contribution in [2.24, 2.45) is 5.84 Å². The maximum atomic E-state index is 11.2. The van der Waals surface area contributed by atoms with E-state index in [1.807, 2.05) is 37.1 Å². The van der Waals surface area contributed by atoms with Gasteiger partial charge in [-0.15, -0.1) is 0 Å². The summed E-state index contributed by atoms with van der Waals surface area (Å²) in [5.74, 6) is 4.82. The summed E-state index contributed by atoms with van der Waals surface area (Å²) >= 11 is 0. The van der Waals surface area contributed by atoms with Crippen molar-refractivity contribution in [2.45, 2.75) is 19.4 Å². The predicted molar refractivity (Wildman–Crippen MR) is 66.0 cm³/mol. The number of carbonyl (C=O) groups excluding carboxylic acids is 1. The Kier molecular flexibility index (Phi) is 4.49. The molecule has 0 bridgehead atoms. The van der Waals surface area contributed by atoms with Gasteiger partial charge < -0.3 is 4.90 Å². The molecule has 0 aliphatic carbocycles. The van der Waals surface area contributed by atoms with Gasteiger partial charge in [0.2, 0.25) is 5.91 Å². The number of para-hydroxylation sites is 1. The smallest absolute Gasteiger partial charge is 0.235 e. The van der Waals surface area contributed by atoms with E-state index in [4.69, 9.17) is 11.1 Å². The molecular weight excluding hydrogens is 216 g/mol. The van der Waals surface area contributed by atoms with Crippen LogP contribution in [0.25, 0.3) is 0 Å². The number of nitrogens with two attached hydrogens (primary N) is 1. The van der Waals surface area contributed by atoms with Crippen molar-refractivity contribution in [3.63, 3.8) is 0 Å². The van der Waals surface area contributed by atoms with E-state index in [0.29, 0.717) is 5.56 Å². The molecule has 1 aromatic carbocycles. The summed E-state index contributed by atoms with van der Waals surface area (Å²) in [4.78, 5) is 13.1. The van der Waals surface area contributed by atoms with Gasteiger partial charge in [-0.05, 0) is 19.1 Å². The molecular formula is C12H16N4O. The minimum absolute atomic E-state index is 0.0342. The fourth-order valence-electron chi connectivity index (χ4n) is 1.58. The normalized spacial score (nSPS) is 11.4. The third-order valence-electron chi connectivity index (χ3n) is 2.71. The first-order valence-electron chi connectivity index (χ1n) is 5.31. The van der Waals surface area contributed by atoms with Crippen molar-refractivity contribution in [2.75, 3.05) is 11.9 Å². The Morgan fingerprint density at radius 2 is 2.24 bits per heavy atom. The van der Waals surface area contributed by atoms with Crippen molar-refractivity contribution < 1.29 is 4.79 Å². The van der Waals surface area contributed by atoms with Gasteiger partial charge in [0, 0.05) is 19.5 Å². The molecule has 5 nitrogen and oxygen atoms in total. The lowest BCUT2D eigenvalue weighted by atomic mass is 10.1. The SMILES string of the molecule is CC(CC(=O)NN)N(C)c1ccccc1C#N. The molecule has 0 aliphatic heterocycles. The first-order valence-corrected chi connectivity index (χ1v) is 5.31. The molecule has 5 heteroatoms. The molecule has 1 atom stereocenters. The number of hydrogen-bond donors (Lipinski definition) is 2. The summed E-state index contributed by atoms with van der Waals surface area (Å²) in [5, 5.41) is 9.00. The van der Waals surface area contributed by atoms with Crippen LogP contribution >= 0.6 is 0 Å². The number of hydrogen-bond acceptors (Lipinski definition) is 4. The van der Waals surface area contributed by atoms with Crippen LogP contribution in [-0.2, 0) is 4.79 Å². The molecule has 3 N–H and O–H groups in total. The van der Waals surface area contributed by atoms with Crippen molar-refractivity contribution >= 4 is 11.6 Å². The molecule has 0 saturated carbocycles. The van der Waals surface area contributed by atoms with Crippen LogP contribution in [0.3, 0.4) is 0 Å². The van der Waals surface area contributed by atoms with Gasteiger partial charge in [0.25, 0.3) is 0 Å². The largest absolute Gasteiger partial charge is 0.370 e. The Morgan fingerprint density at radius 3 is 2.82 bits per heavy atom. The number of carbonyl (C=O) groups is 1. The van der Waals surface area contributed by atoms with E-state index in [9.17, 15) is 4.79 Å². The van der Waals surface area contributed by atoms with Gasteiger partial charge in [-0.1, -0.05) is 12.1 Å². The Labute approximate surface area is 101 Å². The highest BCUT2D eigenvalue weighted by atomic mass is 16.2. The number of nitrogens with zero attached hydrogens (tertiary/aromatic N) is 2. The average molecular weight is 232 g/mol. The Balaban J connectivity index is 2.85. The zero-order chi connectivity index (χ0) is 12.8. The second-order valence-electron chi connectivity index (χ2n) is 3.86. The number of nitriles is 1. The van der Waals surface area contributed by atoms with Gasteiger partial charge in [-0.2, -0.15) is 5.26 Å². The van der Waals surface area contributed by atoms with E-state index in [0.717, 1.165) is 5.69 Å². The molecule has 0 aliphatic rings. The minimum Gasteiger partial charge on any atom is -0.370 e. The molecule has 17 heavy (non-hydrogen) atoms. The average Bonchev–Trinajstić information content (AvgIpc) is 2.37. The molecule has 1 aromatic rings. The van der Waals surface area contributed by atoms with Crippen LogP contribution in [-0.4, -0.2) is 19.0 Å². The van der Waals surface area contributed by atoms with E-state index < -0.39 is 0 Å². The lowest BCUT2D eigenvalue weighted by Crippen LogP contribution is -2.38. The lowest BCUT2D eigenvalue weighted by Gasteiger charge is -2.27. The summed E-state index contributed by atoms with van der Waals surface area (Å²) < 4.78 is 0. The van der Waals surface area contributed by atoms with E-state index >= 15 is 0 Å². The highest BCUT2D eigenvalue weighted by Gasteiger charge is 2.15. The Morgan fingerprint density at radius 1 is 1.59 bits per heavy atom. The summed E-state index contributed by atoms with van der Waals surface area (Å²) in [6.07, 6.45) is 0.284. The number of anilines is 1. The number of hydrazine groups is 1. The summed E-state index contributed by atoms with van der Waals surface area (Å²) in [7, 11) is 1.85. The molecule has 90 valence electrons. The Bertz CT molecular complexity index is 438. The molecule has 1 unspecified atom stereocenters. The Hall–Kier alpha value is -2.06. The zero-order valence-electron chi connectivity index (χ0n) is 9.97. The summed E-state index contributed by atoms with van der Waals surface area (Å²) in [5.41, 5.74) is 3.51.